The van der Waals surface area contributed by atoms with Gasteiger partial charge in [0.1, 0.15) is 0 Å². The van der Waals surface area contributed by atoms with Crippen molar-refractivity contribution in [1.29, 1.82) is 0 Å². The van der Waals surface area contributed by atoms with Crippen molar-refractivity contribution in [3.05, 3.63) is 79.0 Å². The van der Waals surface area contributed by atoms with E-state index in [1.807, 2.05) is 24.3 Å². The molecule has 0 unspecified atom stereocenters. The number of nitrogens with zero attached hydrogens (tertiary/aromatic N) is 2. The number of aromatic nitrogens is 2. The first kappa shape index (κ1) is 15.0. The minimum absolute atomic E-state index is 0.179. The van der Waals surface area contributed by atoms with Gasteiger partial charge in [-0.05, 0) is 0 Å². The molecule has 24 heavy (non-hydrogen) atoms. The van der Waals surface area contributed by atoms with E-state index < -0.39 is 0 Å². The van der Waals surface area contributed by atoms with Gasteiger partial charge in [-0.25, -0.2) is 0 Å². The quantitative estimate of drug-likeness (QED) is 0.510. The minimum atomic E-state index is 0.179. The van der Waals surface area contributed by atoms with E-state index in [9.17, 15) is 0 Å². The van der Waals surface area contributed by atoms with Gasteiger partial charge in [0.25, 0.3) is 0 Å². The Morgan fingerprint density at radius 2 is 1.62 bits per heavy atom. The van der Waals surface area contributed by atoms with Crippen LogP contribution in [0.2, 0.25) is 0 Å². The van der Waals surface area contributed by atoms with E-state index in [0.29, 0.717) is 0 Å². The van der Waals surface area contributed by atoms with Gasteiger partial charge in [-0.15, -0.1) is 0 Å². The topological polar surface area (TPSA) is 26.5 Å². The SMILES string of the molecule is COc1ccc(-c2nc([Se]c3ccccc3)c3ccccn23)cc1. The summed E-state index contributed by atoms with van der Waals surface area (Å²) in [4.78, 5) is 4.96. The molecule has 0 atom stereocenters. The third kappa shape index (κ3) is 2.82. The van der Waals surface area contributed by atoms with Crippen LogP contribution in [0.1, 0.15) is 0 Å². The normalized spacial score (nSPS) is 10.9. The molecule has 0 aliphatic rings. The van der Waals surface area contributed by atoms with Crippen LogP contribution >= 0.6 is 0 Å². The number of hydrogen-bond donors (Lipinski definition) is 0. The molecule has 2 aromatic heterocycles. The molecule has 0 aliphatic carbocycles. The zero-order chi connectivity index (χ0) is 16.4. The molecule has 2 aromatic carbocycles. The average Bonchev–Trinajstić information content (AvgIpc) is 3.01. The number of hydrogen-bond acceptors (Lipinski definition) is 2. The van der Waals surface area contributed by atoms with Crippen LogP contribution < -0.4 is 13.8 Å². The van der Waals surface area contributed by atoms with E-state index in [4.69, 9.17) is 9.72 Å². The Labute approximate surface area is 147 Å². The van der Waals surface area contributed by atoms with Crippen molar-refractivity contribution >= 4 is 29.5 Å². The van der Waals surface area contributed by atoms with Crippen molar-refractivity contribution in [3.8, 4) is 17.1 Å². The molecule has 3 nitrogen and oxygen atoms in total. The summed E-state index contributed by atoms with van der Waals surface area (Å²) in [6, 6.07) is 24.9. The summed E-state index contributed by atoms with van der Waals surface area (Å²) in [6.45, 7) is 0. The Hall–Kier alpha value is -2.55. The monoisotopic (exact) mass is 380 g/mol. The summed E-state index contributed by atoms with van der Waals surface area (Å²) in [5.74, 6) is 1.83. The maximum atomic E-state index is 5.25. The Bertz CT molecular complexity index is 962. The zero-order valence-electron chi connectivity index (χ0n) is 13.2. The van der Waals surface area contributed by atoms with E-state index >= 15 is 0 Å². The molecule has 4 rings (SSSR count). The number of pyridine rings is 1. The van der Waals surface area contributed by atoms with Crippen LogP contribution in [0.15, 0.2) is 79.0 Å². The molecule has 0 radical (unpaired) electrons. The molecule has 0 bridgehead atoms. The standard InChI is InChI=1S/C20H16N2OSe/c1-23-16-12-10-15(11-13-16)19-21-20(18-9-5-6-14-22(18)19)24-17-7-3-2-4-8-17/h2-14H,1H3. The first-order valence-electron chi connectivity index (χ1n) is 7.69. The Morgan fingerprint density at radius 1 is 0.875 bits per heavy atom. The van der Waals surface area contributed by atoms with Crippen molar-refractivity contribution in [2.24, 2.45) is 0 Å². The maximum absolute atomic E-state index is 5.25. The molecule has 0 N–H and O–H groups in total. The fourth-order valence-electron chi connectivity index (χ4n) is 2.63. The van der Waals surface area contributed by atoms with Gasteiger partial charge >= 0.3 is 147 Å². The number of benzene rings is 2. The second-order valence-corrected chi connectivity index (χ2v) is 7.57. The van der Waals surface area contributed by atoms with E-state index in [-0.39, 0.29) is 15.0 Å². The third-order valence-electron chi connectivity index (χ3n) is 3.82. The summed E-state index contributed by atoms with van der Waals surface area (Å²) in [5, 5.41) is 0. The predicted octanol–water partition coefficient (Wildman–Crippen LogP) is 2.66. The van der Waals surface area contributed by atoms with E-state index in [1.165, 1.54) is 9.98 Å². The van der Waals surface area contributed by atoms with Crippen LogP contribution in [0.3, 0.4) is 0 Å². The van der Waals surface area contributed by atoms with E-state index in [2.05, 4.69) is 59.1 Å². The summed E-state index contributed by atoms with van der Waals surface area (Å²) in [5.41, 5.74) is 2.26. The predicted molar refractivity (Wildman–Crippen MR) is 98.6 cm³/mol. The Morgan fingerprint density at radius 3 is 2.38 bits per heavy atom. The zero-order valence-corrected chi connectivity index (χ0v) is 14.9. The molecular formula is C20H16N2OSe. The molecular weight excluding hydrogens is 363 g/mol. The molecule has 4 heteroatoms. The van der Waals surface area contributed by atoms with Crippen LogP contribution in [0.25, 0.3) is 16.9 Å². The molecule has 0 fully saturated rings. The number of rotatable bonds is 4. The van der Waals surface area contributed by atoms with Crippen LogP contribution in [0.4, 0.5) is 0 Å². The number of fused-ring (bicyclic) bond motifs is 1. The molecule has 0 amide bonds. The molecule has 118 valence electrons. The van der Waals surface area contributed by atoms with Crippen LogP contribution in [0.5, 0.6) is 5.75 Å². The Balaban J connectivity index is 1.81. The van der Waals surface area contributed by atoms with Crippen molar-refractivity contribution in [1.82, 2.24) is 9.38 Å². The molecule has 2 heterocycles. The average molecular weight is 379 g/mol. The van der Waals surface area contributed by atoms with E-state index in [1.54, 1.807) is 7.11 Å². The number of methoxy groups -OCH3 is 1. The van der Waals surface area contributed by atoms with Gasteiger partial charge in [0, 0.05) is 0 Å². The van der Waals surface area contributed by atoms with E-state index in [0.717, 1.165) is 21.7 Å². The third-order valence-corrected chi connectivity index (χ3v) is 5.92. The molecule has 0 saturated heterocycles. The molecule has 0 saturated carbocycles. The summed E-state index contributed by atoms with van der Waals surface area (Å²) in [7, 11) is 1.68. The van der Waals surface area contributed by atoms with Gasteiger partial charge in [0.2, 0.25) is 0 Å². The second-order valence-electron chi connectivity index (χ2n) is 5.34. The van der Waals surface area contributed by atoms with Crippen molar-refractivity contribution in [2.75, 3.05) is 7.11 Å². The number of ether oxygens (including phenoxy) is 1. The van der Waals surface area contributed by atoms with Gasteiger partial charge in [0.15, 0.2) is 0 Å². The fourth-order valence-corrected chi connectivity index (χ4v) is 4.56. The summed E-state index contributed by atoms with van der Waals surface area (Å²) in [6.07, 6.45) is 2.08. The summed E-state index contributed by atoms with van der Waals surface area (Å²) >= 11 is 0.179. The number of imidazole rings is 1. The Kier molecular flexibility index (Phi) is 4.08. The van der Waals surface area contributed by atoms with Crippen LogP contribution in [-0.2, 0) is 0 Å². The first-order valence-corrected chi connectivity index (χ1v) is 9.41. The molecule has 0 aliphatic heterocycles. The van der Waals surface area contributed by atoms with Crippen molar-refractivity contribution in [3.63, 3.8) is 0 Å². The van der Waals surface area contributed by atoms with Gasteiger partial charge in [0.05, 0.1) is 0 Å². The van der Waals surface area contributed by atoms with Gasteiger partial charge in [-0.3, -0.25) is 0 Å². The van der Waals surface area contributed by atoms with Gasteiger partial charge in [-0.2, -0.15) is 0 Å². The second kappa shape index (κ2) is 6.52. The van der Waals surface area contributed by atoms with Crippen LogP contribution in [-0.4, -0.2) is 31.5 Å². The molecule has 0 spiro atoms. The molecule has 4 aromatic rings. The summed E-state index contributed by atoms with van der Waals surface area (Å²) < 4.78 is 9.90. The van der Waals surface area contributed by atoms with Crippen molar-refractivity contribution < 1.29 is 4.74 Å². The first-order chi connectivity index (χ1) is 11.8. The van der Waals surface area contributed by atoms with Crippen molar-refractivity contribution in [2.45, 2.75) is 0 Å². The van der Waals surface area contributed by atoms with Gasteiger partial charge < -0.3 is 0 Å². The fraction of sp³-hybridized carbons (Fsp3) is 0.0500. The van der Waals surface area contributed by atoms with Crippen LogP contribution in [0, 0.1) is 0 Å². The van der Waals surface area contributed by atoms with Gasteiger partial charge in [-0.1, -0.05) is 0 Å².